The third-order valence-corrected chi connectivity index (χ3v) is 4.52. The summed E-state index contributed by atoms with van der Waals surface area (Å²) >= 11 is 0. The highest BCUT2D eigenvalue weighted by molar-refractivity contribution is 5.81. The molecule has 8 heteroatoms. The van der Waals surface area contributed by atoms with Crippen molar-refractivity contribution < 1.29 is 22.7 Å². The van der Waals surface area contributed by atoms with Crippen LogP contribution >= 0.6 is 0 Å². The maximum Gasteiger partial charge on any atom is 0.416 e. The van der Waals surface area contributed by atoms with Crippen molar-refractivity contribution in [1.82, 2.24) is 10.2 Å². The second-order valence-corrected chi connectivity index (χ2v) is 6.42. The summed E-state index contributed by atoms with van der Waals surface area (Å²) in [4.78, 5) is 14.2. The maximum atomic E-state index is 12.8. The maximum absolute atomic E-state index is 12.8. The van der Waals surface area contributed by atoms with Crippen LogP contribution in [0.4, 0.5) is 13.2 Å². The van der Waals surface area contributed by atoms with Crippen molar-refractivity contribution in [2.24, 2.45) is 5.73 Å². The smallest absolute Gasteiger partial charge is 0.379 e. The van der Waals surface area contributed by atoms with Crippen LogP contribution in [0.3, 0.4) is 0 Å². The molecule has 5 nitrogen and oxygen atoms in total. The van der Waals surface area contributed by atoms with Gasteiger partial charge in [0.2, 0.25) is 5.91 Å². The van der Waals surface area contributed by atoms with E-state index in [4.69, 9.17) is 10.5 Å². The number of benzene rings is 1. The lowest BCUT2D eigenvalue weighted by Gasteiger charge is -2.35. The van der Waals surface area contributed by atoms with E-state index in [1.807, 2.05) is 6.92 Å². The summed E-state index contributed by atoms with van der Waals surface area (Å²) in [6, 6.07) is 4.31. The molecule has 0 bridgehead atoms. The second-order valence-electron chi connectivity index (χ2n) is 6.42. The Kier molecular flexibility index (Phi) is 7.43. The molecule has 146 valence electrons. The number of halogens is 3. The predicted octanol–water partition coefficient (Wildman–Crippen LogP) is 2.32. The molecule has 0 aromatic heterocycles. The summed E-state index contributed by atoms with van der Waals surface area (Å²) in [6.45, 7) is 4.67. The number of nitrogens with zero attached hydrogens (tertiary/aromatic N) is 1. The molecule has 1 saturated heterocycles. The Morgan fingerprint density at radius 2 is 1.88 bits per heavy atom. The summed E-state index contributed by atoms with van der Waals surface area (Å²) in [5, 5.41) is 2.84. The van der Waals surface area contributed by atoms with Crippen molar-refractivity contribution >= 4 is 5.91 Å². The average molecular weight is 373 g/mol. The molecule has 1 aromatic carbocycles. The zero-order chi connectivity index (χ0) is 19.2. The van der Waals surface area contributed by atoms with Crippen LogP contribution in [0.1, 0.15) is 36.9 Å². The number of hydrogen-bond donors (Lipinski definition) is 2. The highest BCUT2D eigenvalue weighted by Crippen LogP contribution is 2.31. The van der Waals surface area contributed by atoms with Gasteiger partial charge in [0.25, 0.3) is 0 Å². The van der Waals surface area contributed by atoms with Gasteiger partial charge in [-0.3, -0.25) is 9.69 Å². The van der Waals surface area contributed by atoms with Crippen molar-refractivity contribution in [1.29, 1.82) is 0 Å². The minimum atomic E-state index is -4.37. The van der Waals surface area contributed by atoms with Crippen LogP contribution in [0, 0.1) is 0 Å². The lowest BCUT2D eigenvalue weighted by atomic mass is 10.0. The Morgan fingerprint density at radius 3 is 2.42 bits per heavy atom. The monoisotopic (exact) mass is 373 g/mol. The Morgan fingerprint density at radius 1 is 1.27 bits per heavy atom. The Hall–Kier alpha value is -1.64. The van der Waals surface area contributed by atoms with E-state index in [-0.39, 0.29) is 11.9 Å². The second kappa shape index (κ2) is 9.34. The summed E-state index contributed by atoms with van der Waals surface area (Å²) in [5.74, 6) is -0.239. The molecule has 3 N–H and O–H groups in total. The van der Waals surface area contributed by atoms with E-state index in [1.54, 1.807) is 0 Å². The standard InChI is InChI=1S/C18H26F3N3O2/c1-2-3-15(22)17(25)23-12-16(24-8-10-26-11-9-24)13-4-6-14(7-5-13)18(19,20)21/h4-7,15-16H,2-3,8-12,22H2,1H3,(H,23,25). The zero-order valence-electron chi connectivity index (χ0n) is 14.9. The molecule has 2 rings (SSSR count). The molecule has 1 heterocycles. The molecule has 0 spiro atoms. The van der Waals surface area contributed by atoms with E-state index >= 15 is 0 Å². The van der Waals surface area contributed by atoms with Crippen LogP contribution in [0.25, 0.3) is 0 Å². The number of nitrogens with one attached hydrogen (secondary N) is 1. The zero-order valence-corrected chi connectivity index (χ0v) is 14.9. The number of hydrogen-bond acceptors (Lipinski definition) is 4. The molecule has 0 aliphatic carbocycles. The first-order valence-electron chi connectivity index (χ1n) is 8.85. The minimum Gasteiger partial charge on any atom is -0.379 e. The first-order valence-corrected chi connectivity index (χ1v) is 8.85. The summed E-state index contributed by atoms with van der Waals surface area (Å²) in [6.07, 6.45) is -2.97. The number of morpholine rings is 1. The molecular weight excluding hydrogens is 347 g/mol. The van der Waals surface area contributed by atoms with Gasteiger partial charge in [0.1, 0.15) is 0 Å². The van der Waals surface area contributed by atoms with Crippen LogP contribution in [0.2, 0.25) is 0 Å². The van der Waals surface area contributed by atoms with E-state index < -0.39 is 17.8 Å². The molecule has 1 amide bonds. The number of alkyl halides is 3. The van der Waals surface area contributed by atoms with Gasteiger partial charge in [-0.1, -0.05) is 25.5 Å². The summed E-state index contributed by atoms with van der Waals surface area (Å²) in [5.41, 5.74) is 5.87. The average Bonchev–Trinajstić information content (AvgIpc) is 2.62. The van der Waals surface area contributed by atoms with Crippen molar-refractivity contribution in [2.75, 3.05) is 32.8 Å². The van der Waals surface area contributed by atoms with Gasteiger partial charge >= 0.3 is 6.18 Å². The number of ether oxygens (including phenoxy) is 1. The number of nitrogens with two attached hydrogens (primary N) is 1. The third-order valence-electron chi connectivity index (χ3n) is 4.52. The molecule has 1 aromatic rings. The van der Waals surface area contributed by atoms with E-state index in [1.165, 1.54) is 12.1 Å². The third kappa shape index (κ3) is 5.69. The summed E-state index contributed by atoms with van der Waals surface area (Å²) < 4.78 is 43.7. The van der Waals surface area contributed by atoms with Gasteiger partial charge in [-0.05, 0) is 24.1 Å². The fourth-order valence-electron chi connectivity index (χ4n) is 3.01. The van der Waals surface area contributed by atoms with E-state index in [2.05, 4.69) is 10.2 Å². The van der Waals surface area contributed by atoms with Crippen molar-refractivity contribution in [2.45, 2.75) is 38.0 Å². The van der Waals surface area contributed by atoms with Crippen LogP contribution < -0.4 is 11.1 Å². The van der Waals surface area contributed by atoms with Crippen molar-refractivity contribution in [3.63, 3.8) is 0 Å². The van der Waals surface area contributed by atoms with Crippen LogP contribution in [0.15, 0.2) is 24.3 Å². The van der Waals surface area contributed by atoms with Crippen LogP contribution in [-0.2, 0) is 15.7 Å². The normalized spacial score (nSPS) is 18.3. The number of rotatable bonds is 7. The van der Waals surface area contributed by atoms with Gasteiger partial charge in [0.15, 0.2) is 0 Å². The molecule has 0 radical (unpaired) electrons. The lowest BCUT2D eigenvalue weighted by molar-refractivity contribution is -0.137. The SMILES string of the molecule is CCCC(N)C(=O)NCC(c1ccc(C(F)(F)F)cc1)N1CCOCC1. The Balaban J connectivity index is 2.12. The van der Waals surface area contributed by atoms with E-state index in [0.29, 0.717) is 39.3 Å². The fourth-order valence-corrected chi connectivity index (χ4v) is 3.01. The molecule has 0 saturated carbocycles. The van der Waals surface area contributed by atoms with Gasteiger partial charge in [0, 0.05) is 19.6 Å². The van der Waals surface area contributed by atoms with Gasteiger partial charge in [0.05, 0.1) is 30.9 Å². The topological polar surface area (TPSA) is 67.6 Å². The Bertz CT molecular complexity index is 572. The van der Waals surface area contributed by atoms with Gasteiger partial charge in [-0.2, -0.15) is 13.2 Å². The number of carbonyl (C=O) groups excluding carboxylic acids is 1. The van der Waals surface area contributed by atoms with Gasteiger partial charge in [-0.15, -0.1) is 0 Å². The quantitative estimate of drug-likeness (QED) is 0.770. The molecule has 26 heavy (non-hydrogen) atoms. The Labute approximate surface area is 151 Å². The molecular formula is C18H26F3N3O2. The van der Waals surface area contributed by atoms with Crippen LogP contribution in [0.5, 0.6) is 0 Å². The number of amides is 1. The summed E-state index contributed by atoms with van der Waals surface area (Å²) in [7, 11) is 0. The molecule has 2 atom stereocenters. The highest BCUT2D eigenvalue weighted by atomic mass is 19.4. The molecule has 1 aliphatic rings. The molecule has 1 aliphatic heterocycles. The first kappa shape index (κ1) is 20.7. The molecule has 2 unspecified atom stereocenters. The lowest BCUT2D eigenvalue weighted by Crippen LogP contribution is -2.47. The largest absolute Gasteiger partial charge is 0.416 e. The van der Waals surface area contributed by atoms with Crippen LogP contribution in [-0.4, -0.2) is 49.7 Å². The van der Waals surface area contributed by atoms with E-state index in [9.17, 15) is 18.0 Å². The van der Waals surface area contributed by atoms with E-state index in [0.717, 1.165) is 24.1 Å². The fraction of sp³-hybridized carbons (Fsp3) is 0.611. The highest BCUT2D eigenvalue weighted by Gasteiger charge is 2.31. The number of carbonyl (C=O) groups is 1. The minimum absolute atomic E-state index is 0.223. The van der Waals surface area contributed by atoms with Gasteiger partial charge in [-0.25, -0.2) is 0 Å². The van der Waals surface area contributed by atoms with Crippen molar-refractivity contribution in [3.05, 3.63) is 35.4 Å². The van der Waals surface area contributed by atoms with Crippen molar-refractivity contribution in [3.8, 4) is 0 Å². The van der Waals surface area contributed by atoms with Gasteiger partial charge < -0.3 is 15.8 Å². The molecule has 1 fully saturated rings. The first-order chi connectivity index (χ1) is 12.3. The predicted molar refractivity (Wildman–Crippen MR) is 92.5 cm³/mol.